The highest BCUT2D eigenvalue weighted by Crippen LogP contribution is 2.29. The molecule has 0 saturated carbocycles. The van der Waals surface area contributed by atoms with Crippen molar-refractivity contribution in [2.24, 2.45) is 0 Å². The van der Waals surface area contributed by atoms with E-state index in [9.17, 15) is 9.18 Å². The quantitative estimate of drug-likeness (QED) is 0.588. The maximum Gasteiger partial charge on any atom is 0.233 e. The summed E-state index contributed by atoms with van der Waals surface area (Å²) in [5.41, 5.74) is 2.33. The summed E-state index contributed by atoms with van der Waals surface area (Å²) in [7, 11) is 2.06. The van der Waals surface area contributed by atoms with E-state index in [1.54, 1.807) is 18.2 Å². The van der Waals surface area contributed by atoms with E-state index in [0.717, 1.165) is 37.4 Å². The van der Waals surface area contributed by atoms with Gasteiger partial charge in [-0.15, -0.1) is 10.2 Å². The lowest BCUT2D eigenvalue weighted by Crippen LogP contribution is -2.47. The monoisotopic (exact) mass is 425 g/mol. The molecule has 2 heterocycles. The van der Waals surface area contributed by atoms with Crippen LogP contribution in [0, 0.1) is 12.7 Å². The molecule has 1 aliphatic rings. The van der Waals surface area contributed by atoms with E-state index >= 15 is 0 Å². The Bertz CT molecular complexity index is 1030. The van der Waals surface area contributed by atoms with Gasteiger partial charge >= 0.3 is 0 Å². The van der Waals surface area contributed by atoms with Crippen LogP contribution < -0.4 is 0 Å². The number of nitrogens with zero attached hydrogens (tertiary/aromatic N) is 5. The SMILES string of the molecule is Cc1ccc(-n2c(SCC(=O)N3CCN(C)CC3)nnc2-c2ccccc2F)cc1. The van der Waals surface area contributed by atoms with Crippen LogP contribution in [-0.4, -0.2) is 69.5 Å². The van der Waals surface area contributed by atoms with Crippen LogP contribution in [0.15, 0.2) is 53.7 Å². The highest BCUT2D eigenvalue weighted by molar-refractivity contribution is 7.99. The van der Waals surface area contributed by atoms with Gasteiger partial charge in [-0.3, -0.25) is 9.36 Å². The number of halogens is 1. The second-order valence-corrected chi connectivity index (χ2v) is 8.37. The molecule has 0 radical (unpaired) electrons. The highest BCUT2D eigenvalue weighted by Gasteiger charge is 2.22. The highest BCUT2D eigenvalue weighted by atomic mass is 32.2. The van der Waals surface area contributed by atoms with Gasteiger partial charge in [0.25, 0.3) is 0 Å². The van der Waals surface area contributed by atoms with Crippen LogP contribution in [0.1, 0.15) is 5.56 Å². The van der Waals surface area contributed by atoms with Gasteiger partial charge in [-0.05, 0) is 38.2 Å². The lowest BCUT2D eigenvalue weighted by Gasteiger charge is -2.32. The van der Waals surface area contributed by atoms with Crippen LogP contribution >= 0.6 is 11.8 Å². The van der Waals surface area contributed by atoms with E-state index in [-0.39, 0.29) is 17.5 Å². The molecule has 2 aromatic carbocycles. The number of rotatable bonds is 5. The zero-order chi connectivity index (χ0) is 21.1. The van der Waals surface area contributed by atoms with Crippen molar-refractivity contribution in [3.63, 3.8) is 0 Å². The lowest BCUT2D eigenvalue weighted by molar-refractivity contribution is -0.129. The molecule has 0 atom stereocenters. The molecule has 1 fully saturated rings. The molecule has 0 unspecified atom stereocenters. The summed E-state index contributed by atoms with van der Waals surface area (Å²) in [6.07, 6.45) is 0. The maximum absolute atomic E-state index is 14.5. The number of aromatic nitrogens is 3. The second kappa shape index (κ2) is 8.97. The number of benzene rings is 2. The predicted molar refractivity (Wildman–Crippen MR) is 116 cm³/mol. The molecule has 0 N–H and O–H groups in total. The normalized spacial score (nSPS) is 14.8. The van der Waals surface area contributed by atoms with E-state index in [1.165, 1.54) is 17.8 Å². The summed E-state index contributed by atoms with van der Waals surface area (Å²) >= 11 is 1.33. The molecule has 6 nitrogen and oxygen atoms in total. The first-order chi connectivity index (χ1) is 14.5. The fourth-order valence-electron chi connectivity index (χ4n) is 3.38. The Morgan fingerprint density at radius 2 is 1.73 bits per heavy atom. The van der Waals surface area contributed by atoms with Crippen molar-refractivity contribution in [1.29, 1.82) is 0 Å². The van der Waals surface area contributed by atoms with Crippen molar-refractivity contribution in [2.45, 2.75) is 12.1 Å². The Morgan fingerprint density at radius 1 is 1.03 bits per heavy atom. The number of amides is 1. The minimum atomic E-state index is -0.358. The average molecular weight is 426 g/mol. The topological polar surface area (TPSA) is 54.3 Å². The molecule has 0 aliphatic carbocycles. The number of hydrogen-bond donors (Lipinski definition) is 0. The van der Waals surface area contributed by atoms with Crippen LogP contribution in [-0.2, 0) is 4.79 Å². The average Bonchev–Trinajstić information content (AvgIpc) is 3.17. The van der Waals surface area contributed by atoms with Gasteiger partial charge in [0.1, 0.15) is 5.82 Å². The number of aryl methyl sites for hydroxylation is 1. The molecule has 0 bridgehead atoms. The van der Waals surface area contributed by atoms with Gasteiger partial charge in [-0.1, -0.05) is 41.6 Å². The molecule has 1 amide bonds. The molecule has 1 aliphatic heterocycles. The van der Waals surface area contributed by atoms with E-state index in [1.807, 2.05) is 40.7 Å². The van der Waals surface area contributed by atoms with Gasteiger partial charge in [0.15, 0.2) is 11.0 Å². The molecule has 156 valence electrons. The van der Waals surface area contributed by atoms with Crippen molar-refractivity contribution in [3.05, 3.63) is 59.9 Å². The van der Waals surface area contributed by atoms with Gasteiger partial charge in [0.05, 0.1) is 11.3 Å². The Kier molecular flexibility index (Phi) is 6.15. The first-order valence-corrected chi connectivity index (χ1v) is 10.9. The summed E-state index contributed by atoms with van der Waals surface area (Å²) in [5, 5.41) is 9.13. The molecule has 8 heteroatoms. The lowest BCUT2D eigenvalue weighted by atomic mass is 10.2. The Balaban J connectivity index is 1.62. The fourth-order valence-corrected chi connectivity index (χ4v) is 4.24. The molecular weight excluding hydrogens is 401 g/mol. The Hall–Kier alpha value is -2.71. The van der Waals surface area contributed by atoms with Gasteiger partial charge in [0, 0.05) is 31.9 Å². The molecule has 1 saturated heterocycles. The number of carbonyl (C=O) groups is 1. The second-order valence-electron chi connectivity index (χ2n) is 7.43. The van der Waals surface area contributed by atoms with Crippen LogP contribution in [0.25, 0.3) is 17.1 Å². The molecule has 30 heavy (non-hydrogen) atoms. The van der Waals surface area contributed by atoms with Crippen LogP contribution in [0.2, 0.25) is 0 Å². The van der Waals surface area contributed by atoms with Crippen LogP contribution in [0.4, 0.5) is 4.39 Å². The standard InChI is InChI=1S/C22H24FN5OS/c1-16-7-9-17(10-8-16)28-21(18-5-3-4-6-19(18)23)24-25-22(28)30-15-20(29)27-13-11-26(2)12-14-27/h3-10H,11-15H2,1-2H3. The van der Waals surface area contributed by atoms with E-state index in [0.29, 0.717) is 16.5 Å². The fraction of sp³-hybridized carbons (Fsp3) is 0.318. The molecule has 1 aromatic heterocycles. The van der Waals surface area contributed by atoms with Crippen molar-refractivity contribution < 1.29 is 9.18 Å². The largest absolute Gasteiger partial charge is 0.339 e. The summed E-state index contributed by atoms with van der Waals surface area (Å²) in [6.45, 7) is 5.25. The summed E-state index contributed by atoms with van der Waals surface area (Å²) < 4.78 is 16.3. The third-order valence-electron chi connectivity index (χ3n) is 5.22. The first-order valence-electron chi connectivity index (χ1n) is 9.89. The van der Waals surface area contributed by atoms with E-state index < -0.39 is 0 Å². The minimum absolute atomic E-state index is 0.0824. The summed E-state index contributed by atoms with van der Waals surface area (Å²) in [4.78, 5) is 16.8. The van der Waals surface area contributed by atoms with Crippen LogP contribution in [0.5, 0.6) is 0 Å². The van der Waals surface area contributed by atoms with E-state index in [2.05, 4.69) is 22.1 Å². The minimum Gasteiger partial charge on any atom is -0.339 e. The number of piperazine rings is 1. The number of carbonyl (C=O) groups excluding carboxylic acids is 1. The third kappa shape index (κ3) is 4.39. The zero-order valence-corrected chi connectivity index (χ0v) is 17.9. The first kappa shape index (κ1) is 20.6. The van der Waals surface area contributed by atoms with Crippen LogP contribution in [0.3, 0.4) is 0 Å². The van der Waals surface area contributed by atoms with Crippen molar-refractivity contribution >= 4 is 17.7 Å². The predicted octanol–water partition coefficient (Wildman–Crippen LogP) is 3.25. The number of hydrogen-bond acceptors (Lipinski definition) is 5. The van der Waals surface area contributed by atoms with Gasteiger partial charge in [-0.2, -0.15) is 0 Å². The third-order valence-corrected chi connectivity index (χ3v) is 6.13. The summed E-state index contributed by atoms with van der Waals surface area (Å²) in [6, 6.07) is 14.4. The Morgan fingerprint density at radius 3 is 2.43 bits per heavy atom. The van der Waals surface area contributed by atoms with Gasteiger partial charge in [0.2, 0.25) is 5.91 Å². The van der Waals surface area contributed by atoms with Gasteiger partial charge in [-0.25, -0.2) is 4.39 Å². The maximum atomic E-state index is 14.5. The van der Waals surface area contributed by atoms with E-state index in [4.69, 9.17) is 0 Å². The smallest absolute Gasteiger partial charge is 0.233 e. The number of likely N-dealkylation sites (N-methyl/N-ethyl adjacent to an activating group) is 1. The van der Waals surface area contributed by atoms with Crippen molar-refractivity contribution in [1.82, 2.24) is 24.6 Å². The molecular formula is C22H24FN5OS. The molecule has 3 aromatic rings. The van der Waals surface area contributed by atoms with Crippen molar-refractivity contribution in [3.8, 4) is 17.1 Å². The molecule has 0 spiro atoms. The zero-order valence-electron chi connectivity index (χ0n) is 17.1. The van der Waals surface area contributed by atoms with Crippen molar-refractivity contribution in [2.75, 3.05) is 39.0 Å². The number of thioether (sulfide) groups is 1. The van der Waals surface area contributed by atoms with Gasteiger partial charge < -0.3 is 9.80 Å². The summed E-state index contributed by atoms with van der Waals surface area (Å²) in [5.74, 6) is 0.416. The Labute approximate surface area is 179 Å². The molecule has 4 rings (SSSR count).